The van der Waals surface area contributed by atoms with E-state index in [2.05, 4.69) is 36.9 Å². The Hall–Kier alpha value is -3.63. The Morgan fingerprint density at radius 2 is 1.80 bits per heavy atom. The highest BCUT2D eigenvalue weighted by Gasteiger charge is 2.27. The summed E-state index contributed by atoms with van der Waals surface area (Å²) >= 11 is 6.85. The number of halogens is 2. The summed E-state index contributed by atoms with van der Waals surface area (Å²) in [7, 11) is 1.54. The molecule has 0 amide bonds. The van der Waals surface area contributed by atoms with Crippen molar-refractivity contribution in [1.82, 2.24) is 0 Å². The van der Waals surface area contributed by atoms with Crippen LogP contribution in [0.2, 0.25) is 0 Å². The zero-order chi connectivity index (χ0) is 24.5. The highest BCUT2D eigenvalue weighted by molar-refractivity contribution is 9.11. The molecule has 10 heteroatoms. The van der Waals surface area contributed by atoms with Crippen LogP contribution in [-0.2, 0) is 9.53 Å². The number of carbonyl (C=O) groups excluding carboxylic acids is 2. The molecule has 2 aliphatic rings. The van der Waals surface area contributed by atoms with Crippen LogP contribution < -0.4 is 18.9 Å². The van der Waals surface area contributed by atoms with Crippen LogP contribution in [0.15, 0.2) is 74.2 Å². The fourth-order valence-corrected chi connectivity index (χ4v) is 4.72. The van der Waals surface area contributed by atoms with E-state index in [0.717, 1.165) is 0 Å². The van der Waals surface area contributed by atoms with E-state index in [4.69, 9.17) is 23.7 Å². The molecule has 0 aromatic heterocycles. The van der Waals surface area contributed by atoms with E-state index in [9.17, 15) is 9.59 Å². The number of benzene rings is 3. The smallest absolute Gasteiger partial charge is 0.363 e. The average Bonchev–Trinajstić information content (AvgIpc) is 3.47. The van der Waals surface area contributed by atoms with Crippen molar-refractivity contribution in [2.75, 3.05) is 13.9 Å². The third-order valence-electron chi connectivity index (χ3n) is 5.09. The van der Waals surface area contributed by atoms with Gasteiger partial charge in [-0.25, -0.2) is 14.6 Å². The molecule has 2 aliphatic heterocycles. The van der Waals surface area contributed by atoms with Crippen LogP contribution in [0.1, 0.15) is 21.5 Å². The van der Waals surface area contributed by atoms with Gasteiger partial charge in [-0.05, 0) is 76.6 Å². The standard InChI is InChI=1S/C25H15Br2NO7/c1-31-17-5-2-13(3-6-17)24(29)34-22-15(8-16(26)11-18(22)27)9-19-25(30)35-23(28-19)14-4-7-20-21(10-14)33-12-32-20/h2-11H,12H2,1H3/b19-9+. The van der Waals surface area contributed by atoms with E-state index in [1.165, 1.54) is 6.08 Å². The molecular weight excluding hydrogens is 586 g/mol. The summed E-state index contributed by atoms with van der Waals surface area (Å²) in [6.45, 7) is 0.131. The van der Waals surface area contributed by atoms with Crippen LogP contribution in [0.5, 0.6) is 23.0 Å². The van der Waals surface area contributed by atoms with Gasteiger partial charge in [-0.3, -0.25) is 0 Å². The Morgan fingerprint density at radius 1 is 1.03 bits per heavy atom. The molecule has 3 aromatic carbocycles. The van der Waals surface area contributed by atoms with Crippen LogP contribution in [0, 0.1) is 0 Å². The number of hydrogen-bond donors (Lipinski definition) is 0. The molecule has 0 saturated heterocycles. The van der Waals surface area contributed by atoms with Crippen molar-refractivity contribution in [3.05, 3.63) is 85.9 Å². The molecule has 0 saturated carbocycles. The zero-order valence-electron chi connectivity index (χ0n) is 18.0. The molecule has 0 spiro atoms. The van der Waals surface area contributed by atoms with Crippen molar-refractivity contribution in [2.45, 2.75) is 0 Å². The van der Waals surface area contributed by atoms with Gasteiger partial charge in [0.05, 0.1) is 17.1 Å². The summed E-state index contributed by atoms with van der Waals surface area (Å²) in [5.74, 6) is 0.910. The molecule has 176 valence electrons. The quantitative estimate of drug-likeness (QED) is 0.216. The Labute approximate surface area is 216 Å². The zero-order valence-corrected chi connectivity index (χ0v) is 21.2. The number of hydrogen-bond acceptors (Lipinski definition) is 8. The summed E-state index contributed by atoms with van der Waals surface area (Å²) in [6, 6.07) is 15.1. The number of methoxy groups -OCH3 is 1. The molecule has 0 unspecified atom stereocenters. The van der Waals surface area contributed by atoms with Gasteiger partial charge >= 0.3 is 11.9 Å². The Kier molecular flexibility index (Phi) is 6.31. The van der Waals surface area contributed by atoms with Crippen molar-refractivity contribution in [2.24, 2.45) is 4.99 Å². The summed E-state index contributed by atoms with van der Waals surface area (Å²) in [5.41, 5.74) is 1.38. The molecule has 5 rings (SSSR count). The minimum atomic E-state index is -0.638. The van der Waals surface area contributed by atoms with Gasteiger partial charge in [-0.1, -0.05) is 15.9 Å². The summed E-state index contributed by atoms with van der Waals surface area (Å²) in [5, 5.41) is 0. The van der Waals surface area contributed by atoms with E-state index in [1.807, 2.05) is 0 Å². The maximum atomic E-state index is 12.8. The van der Waals surface area contributed by atoms with Gasteiger partial charge in [0.1, 0.15) is 5.75 Å². The van der Waals surface area contributed by atoms with Gasteiger partial charge in [0, 0.05) is 15.6 Å². The molecule has 35 heavy (non-hydrogen) atoms. The maximum absolute atomic E-state index is 12.8. The number of rotatable bonds is 5. The first-order chi connectivity index (χ1) is 16.9. The van der Waals surface area contributed by atoms with Crippen LogP contribution in [0.3, 0.4) is 0 Å². The van der Waals surface area contributed by atoms with Gasteiger partial charge in [-0.2, -0.15) is 0 Å². The second-order valence-corrected chi connectivity index (χ2v) is 9.10. The predicted molar refractivity (Wildman–Crippen MR) is 133 cm³/mol. The lowest BCUT2D eigenvalue weighted by Crippen LogP contribution is -2.10. The number of cyclic esters (lactones) is 1. The SMILES string of the molecule is COc1ccc(C(=O)Oc2c(Br)cc(Br)cc2/C=C2/N=C(c3ccc4c(c3)OCO4)OC2=O)cc1. The second kappa shape index (κ2) is 9.55. The van der Waals surface area contributed by atoms with Crippen LogP contribution >= 0.6 is 31.9 Å². The summed E-state index contributed by atoms with van der Waals surface area (Å²) < 4.78 is 28.1. The molecule has 0 N–H and O–H groups in total. The third kappa shape index (κ3) is 4.80. The number of aliphatic imine (C=N–C) groups is 1. The van der Waals surface area contributed by atoms with Crippen LogP contribution in [0.25, 0.3) is 6.08 Å². The first-order valence-corrected chi connectivity index (χ1v) is 11.8. The van der Waals surface area contributed by atoms with Crippen molar-refractivity contribution in [1.29, 1.82) is 0 Å². The highest BCUT2D eigenvalue weighted by Crippen LogP contribution is 2.37. The Bertz CT molecular complexity index is 1410. The second-order valence-electron chi connectivity index (χ2n) is 7.33. The average molecular weight is 601 g/mol. The molecule has 0 aliphatic carbocycles. The molecule has 0 bridgehead atoms. The number of nitrogens with zero attached hydrogens (tertiary/aromatic N) is 1. The lowest BCUT2D eigenvalue weighted by Gasteiger charge is -2.11. The lowest BCUT2D eigenvalue weighted by molar-refractivity contribution is -0.129. The fraction of sp³-hybridized carbons (Fsp3) is 0.0800. The number of carbonyl (C=O) groups is 2. The minimum absolute atomic E-state index is 0.0458. The summed E-state index contributed by atoms with van der Waals surface area (Å²) in [6.07, 6.45) is 1.49. The molecular formula is C25H15Br2NO7. The van der Waals surface area contributed by atoms with E-state index in [1.54, 1.807) is 61.7 Å². The fourth-order valence-electron chi connectivity index (χ4n) is 3.38. The molecule has 8 nitrogen and oxygen atoms in total. The van der Waals surface area contributed by atoms with E-state index < -0.39 is 11.9 Å². The van der Waals surface area contributed by atoms with E-state index >= 15 is 0 Å². The first kappa shape index (κ1) is 23.1. The number of esters is 2. The monoisotopic (exact) mass is 599 g/mol. The normalized spacial score (nSPS) is 15.1. The molecule has 0 fully saturated rings. The predicted octanol–water partition coefficient (Wildman–Crippen LogP) is 5.51. The van der Waals surface area contributed by atoms with Gasteiger partial charge in [-0.15, -0.1) is 0 Å². The number of fused-ring (bicyclic) bond motifs is 1. The van der Waals surface area contributed by atoms with Gasteiger partial charge < -0.3 is 23.7 Å². The van der Waals surface area contributed by atoms with Gasteiger partial charge in [0.25, 0.3) is 0 Å². The van der Waals surface area contributed by atoms with Crippen molar-refractivity contribution in [3.63, 3.8) is 0 Å². The van der Waals surface area contributed by atoms with E-state index in [0.29, 0.717) is 42.9 Å². The van der Waals surface area contributed by atoms with Crippen molar-refractivity contribution in [3.8, 4) is 23.0 Å². The Morgan fingerprint density at radius 3 is 2.57 bits per heavy atom. The highest BCUT2D eigenvalue weighted by atomic mass is 79.9. The molecule has 0 radical (unpaired) electrons. The first-order valence-electron chi connectivity index (χ1n) is 10.2. The van der Waals surface area contributed by atoms with E-state index in [-0.39, 0.29) is 24.1 Å². The van der Waals surface area contributed by atoms with Crippen LogP contribution in [0.4, 0.5) is 0 Å². The minimum Gasteiger partial charge on any atom is -0.497 e. The van der Waals surface area contributed by atoms with Gasteiger partial charge in [0.15, 0.2) is 22.9 Å². The largest absolute Gasteiger partial charge is 0.497 e. The molecule has 2 heterocycles. The van der Waals surface area contributed by atoms with Gasteiger partial charge in [0.2, 0.25) is 12.7 Å². The maximum Gasteiger partial charge on any atom is 0.363 e. The number of ether oxygens (including phenoxy) is 5. The third-order valence-corrected chi connectivity index (χ3v) is 6.14. The van der Waals surface area contributed by atoms with Crippen molar-refractivity contribution >= 4 is 55.8 Å². The summed E-state index contributed by atoms with van der Waals surface area (Å²) in [4.78, 5) is 29.7. The molecule has 3 aromatic rings. The van der Waals surface area contributed by atoms with Crippen molar-refractivity contribution < 1.29 is 33.3 Å². The molecule has 0 atom stereocenters. The topological polar surface area (TPSA) is 92.7 Å². The Balaban J connectivity index is 1.46. The lowest BCUT2D eigenvalue weighted by atomic mass is 10.1. The van der Waals surface area contributed by atoms with Crippen LogP contribution in [-0.4, -0.2) is 31.7 Å².